The molecule has 0 unspecified atom stereocenters. The van der Waals surface area contributed by atoms with Gasteiger partial charge in [0.05, 0.1) is 12.0 Å². The number of halogens is 3. The SMILES string of the molecule is COCCCN1/C(=C/C=C2\CCCC(/C=C/C3=[N+](CCCOC)c4ccc(I)cc4C3(C)C)=C2Cl)C(C)(C)c2cc(I)ccc21. The van der Waals surface area contributed by atoms with Crippen LogP contribution in [0, 0.1) is 7.14 Å². The lowest BCUT2D eigenvalue weighted by atomic mass is 9.81. The van der Waals surface area contributed by atoms with Gasteiger partial charge in [0.1, 0.15) is 0 Å². The molecule has 0 saturated heterocycles. The lowest BCUT2D eigenvalue weighted by Gasteiger charge is -2.27. The predicted molar refractivity (Wildman–Crippen MR) is 207 cm³/mol. The molecule has 7 heteroatoms. The Hall–Kier alpha value is -1.46. The molecule has 3 aliphatic rings. The van der Waals surface area contributed by atoms with Gasteiger partial charge in [0.2, 0.25) is 5.69 Å². The maximum atomic E-state index is 7.22. The molecule has 0 aromatic heterocycles. The molecule has 0 bridgehead atoms. The lowest BCUT2D eigenvalue weighted by Crippen LogP contribution is -2.28. The molecule has 2 aromatic rings. The van der Waals surface area contributed by atoms with E-state index >= 15 is 0 Å². The number of fused-ring (bicyclic) bond motifs is 2. The summed E-state index contributed by atoms with van der Waals surface area (Å²) in [6, 6.07) is 13.6. The minimum Gasteiger partial charge on any atom is -0.385 e. The first-order valence-electron chi connectivity index (χ1n) is 16.0. The number of hydrogen-bond acceptors (Lipinski definition) is 3. The third kappa shape index (κ3) is 7.20. The molecule has 2 aromatic carbocycles. The first kappa shape index (κ1) is 34.9. The number of hydrogen-bond donors (Lipinski definition) is 0. The monoisotopic (exact) mass is 851 g/mol. The Labute approximate surface area is 302 Å². The minimum atomic E-state index is -0.0992. The van der Waals surface area contributed by atoms with Crippen molar-refractivity contribution in [3.05, 3.63) is 101 Å². The number of nitrogens with zero attached hydrogens (tertiary/aromatic N) is 2. The fraction of sp³-hybridized carbons (Fsp3) is 0.447. The Balaban J connectivity index is 1.48. The van der Waals surface area contributed by atoms with Gasteiger partial charge in [-0.3, -0.25) is 0 Å². The second kappa shape index (κ2) is 14.8. The first-order chi connectivity index (χ1) is 21.5. The van der Waals surface area contributed by atoms with E-state index in [-0.39, 0.29) is 10.8 Å². The van der Waals surface area contributed by atoms with Gasteiger partial charge in [-0.05, 0) is 138 Å². The molecule has 240 valence electrons. The van der Waals surface area contributed by atoms with Crippen molar-refractivity contribution in [2.75, 3.05) is 45.4 Å². The largest absolute Gasteiger partial charge is 0.385 e. The van der Waals surface area contributed by atoms with Crippen LogP contribution in [-0.2, 0) is 20.3 Å². The molecule has 2 aliphatic heterocycles. The van der Waals surface area contributed by atoms with Crippen molar-refractivity contribution in [2.45, 2.75) is 70.6 Å². The highest BCUT2D eigenvalue weighted by Gasteiger charge is 2.44. The van der Waals surface area contributed by atoms with Crippen molar-refractivity contribution in [3.63, 3.8) is 0 Å². The number of rotatable bonds is 11. The molecule has 0 amide bonds. The summed E-state index contributed by atoms with van der Waals surface area (Å²) in [5.41, 5.74) is 10.2. The average molecular weight is 852 g/mol. The van der Waals surface area contributed by atoms with Gasteiger partial charge in [0.25, 0.3) is 0 Å². The van der Waals surface area contributed by atoms with Crippen molar-refractivity contribution < 1.29 is 14.0 Å². The molecule has 45 heavy (non-hydrogen) atoms. The van der Waals surface area contributed by atoms with E-state index in [2.05, 4.69) is 143 Å². The highest BCUT2D eigenvalue weighted by Crippen LogP contribution is 2.48. The van der Waals surface area contributed by atoms with E-state index in [4.69, 9.17) is 21.1 Å². The second-order valence-corrected chi connectivity index (χ2v) is 16.1. The maximum Gasteiger partial charge on any atom is 0.209 e. The van der Waals surface area contributed by atoms with Crippen LogP contribution in [0.5, 0.6) is 0 Å². The maximum absolute atomic E-state index is 7.22. The van der Waals surface area contributed by atoms with E-state index in [0.717, 1.165) is 63.4 Å². The van der Waals surface area contributed by atoms with Gasteiger partial charge in [-0.1, -0.05) is 37.6 Å². The number of ether oxygens (including phenoxy) is 2. The van der Waals surface area contributed by atoms with Gasteiger partial charge in [0.15, 0.2) is 12.3 Å². The van der Waals surface area contributed by atoms with Gasteiger partial charge < -0.3 is 14.4 Å². The molecular weight excluding hydrogens is 806 g/mol. The molecule has 5 rings (SSSR count). The van der Waals surface area contributed by atoms with Crippen molar-refractivity contribution in [1.29, 1.82) is 0 Å². The Morgan fingerprint density at radius 2 is 1.56 bits per heavy atom. The normalized spacial score (nSPS) is 20.7. The number of anilines is 1. The quantitative estimate of drug-likeness (QED) is 0.128. The van der Waals surface area contributed by atoms with Crippen molar-refractivity contribution in [2.24, 2.45) is 0 Å². The smallest absolute Gasteiger partial charge is 0.209 e. The predicted octanol–water partition coefficient (Wildman–Crippen LogP) is 10.2. The Morgan fingerprint density at radius 1 is 0.867 bits per heavy atom. The van der Waals surface area contributed by atoms with Crippen LogP contribution >= 0.6 is 56.8 Å². The highest BCUT2D eigenvalue weighted by atomic mass is 127. The summed E-state index contributed by atoms with van der Waals surface area (Å²) in [5, 5.41) is 0.901. The van der Waals surface area contributed by atoms with E-state index < -0.39 is 0 Å². The van der Waals surface area contributed by atoms with Gasteiger partial charge in [-0.25, -0.2) is 0 Å². The molecule has 0 N–H and O–H groups in total. The van der Waals surface area contributed by atoms with Gasteiger partial charge in [0, 0.05) is 80.5 Å². The van der Waals surface area contributed by atoms with Gasteiger partial charge >= 0.3 is 0 Å². The van der Waals surface area contributed by atoms with E-state index in [9.17, 15) is 0 Å². The number of benzene rings is 2. The molecule has 2 heterocycles. The van der Waals surface area contributed by atoms with Crippen molar-refractivity contribution in [1.82, 2.24) is 0 Å². The zero-order valence-corrected chi connectivity index (χ0v) is 32.6. The molecule has 4 nitrogen and oxygen atoms in total. The Morgan fingerprint density at radius 3 is 2.29 bits per heavy atom. The summed E-state index contributed by atoms with van der Waals surface area (Å²) in [6.07, 6.45) is 14.3. The minimum absolute atomic E-state index is 0.0992. The van der Waals surface area contributed by atoms with Gasteiger partial charge in [-0.2, -0.15) is 4.58 Å². The standard InChI is InChI=1S/C38H46ClI2N2O2/c1-37(2)30-24-28(40)14-16-32(30)42(20-8-22-44-5)34(37)18-12-26-10-7-11-27(36(26)39)13-19-35-38(3,4)31-25-29(41)15-17-33(31)43(35)21-9-23-45-6/h12-19,24-25H,7-11,20-23H2,1-6H3/q+1. The summed E-state index contributed by atoms with van der Waals surface area (Å²) in [5.74, 6) is 0. The summed E-state index contributed by atoms with van der Waals surface area (Å²) >= 11 is 12.1. The third-order valence-corrected chi connectivity index (χ3v) is 11.3. The topological polar surface area (TPSA) is 24.7 Å². The lowest BCUT2D eigenvalue weighted by molar-refractivity contribution is -0.438. The second-order valence-electron chi connectivity index (χ2n) is 13.2. The molecule has 0 spiro atoms. The number of methoxy groups -OCH3 is 2. The van der Waals surface area contributed by atoms with E-state index in [0.29, 0.717) is 0 Å². The molecular formula is C38H46ClI2N2O2+. The fourth-order valence-corrected chi connectivity index (χ4v) is 8.38. The van der Waals surface area contributed by atoms with E-state index in [1.807, 2.05) is 0 Å². The third-order valence-electron chi connectivity index (χ3n) is 9.51. The molecule has 0 atom stereocenters. The van der Waals surface area contributed by atoms with Gasteiger partial charge in [-0.15, -0.1) is 0 Å². The summed E-state index contributed by atoms with van der Waals surface area (Å²) in [7, 11) is 3.55. The van der Waals surface area contributed by atoms with Crippen LogP contribution in [0.15, 0.2) is 82.6 Å². The molecule has 0 fully saturated rings. The molecule has 0 saturated carbocycles. The highest BCUT2D eigenvalue weighted by molar-refractivity contribution is 14.1. The van der Waals surface area contributed by atoms with Crippen LogP contribution in [-0.4, -0.2) is 50.8 Å². The molecule has 0 radical (unpaired) electrons. The fourth-order valence-electron chi connectivity index (χ4n) is 7.08. The van der Waals surface area contributed by atoms with Crippen LogP contribution in [0.3, 0.4) is 0 Å². The first-order valence-corrected chi connectivity index (χ1v) is 18.5. The van der Waals surface area contributed by atoms with Crippen LogP contribution < -0.4 is 4.90 Å². The molecule has 1 aliphatic carbocycles. The summed E-state index contributed by atoms with van der Waals surface area (Å²) in [4.78, 5) is 2.48. The summed E-state index contributed by atoms with van der Waals surface area (Å²) in [6.45, 7) is 12.7. The van der Waals surface area contributed by atoms with E-state index in [1.54, 1.807) is 14.2 Å². The van der Waals surface area contributed by atoms with Crippen LogP contribution in [0.4, 0.5) is 11.4 Å². The Bertz CT molecular complexity index is 1600. The zero-order chi connectivity index (χ0) is 32.4. The van der Waals surface area contributed by atoms with Crippen LogP contribution in [0.1, 0.15) is 70.9 Å². The van der Waals surface area contributed by atoms with E-state index in [1.165, 1.54) is 52.2 Å². The van der Waals surface area contributed by atoms with Crippen LogP contribution in [0.2, 0.25) is 0 Å². The van der Waals surface area contributed by atoms with Crippen molar-refractivity contribution >= 4 is 73.9 Å². The number of allylic oxidation sites excluding steroid dienone is 8. The zero-order valence-electron chi connectivity index (χ0n) is 27.5. The Kier molecular flexibility index (Phi) is 11.4. The van der Waals surface area contributed by atoms with Crippen LogP contribution in [0.25, 0.3) is 0 Å². The van der Waals surface area contributed by atoms with Crippen molar-refractivity contribution in [3.8, 4) is 0 Å². The average Bonchev–Trinajstić information content (AvgIpc) is 3.34. The summed E-state index contributed by atoms with van der Waals surface area (Å²) < 4.78 is 15.8.